The molecule has 1 aliphatic heterocycles. The highest BCUT2D eigenvalue weighted by Gasteiger charge is 2.21. The van der Waals surface area contributed by atoms with Crippen molar-refractivity contribution < 1.29 is 14.3 Å². The van der Waals surface area contributed by atoms with E-state index in [0.29, 0.717) is 18.6 Å². The van der Waals surface area contributed by atoms with Crippen molar-refractivity contribution >= 4 is 17.7 Å². The van der Waals surface area contributed by atoms with E-state index in [1.807, 2.05) is 0 Å². The Morgan fingerprint density at radius 1 is 1.62 bits per heavy atom. The Kier molecular flexibility index (Phi) is 6.16. The number of carbonyl (C=O) groups is 1. The van der Waals surface area contributed by atoms with Crippen molar-refractivity contribution in [2.24, 2.45) is 5.73 Å². The van der Waals surface area contributed by atoms with E-state index in [9.17, 15) is 4.79 Å². The lowest BCUT2D eigenvalue weighted by atomic mass is 10.2. The van der Waals surface area contributed by atoms with Crippen molar-refractivity contribution in [2.75, 3.05) is 18.6 Å². The van der Waals surface area contributed by atoms with E-state index < -0.39 is 6.04 Å². The van der Waals surface area contributed by atoms with Crippen molar-refractivity contribution in [3.63, 3.8) is 0 Å². The van der Waals surface area contributed by atoms with Gasteiger partial charge in [-0.3, -0.25) is 4.79 Å². The van der Waals surface area contributed by atoms with Crippen LogP contribution >= 0.6 is 11.8 Å². The fraction of sp³-hybridized carbons (Fsp3) is 0.909. The molecule has 0 radical (unpaired) electrons. The summed E-state index contributed by atoms with van der Waals surface area (Å²) in [4.78, 5) is 11.0. The largest absolute Gasteiger partial charge is 0.468 e. The fourth-order valence-electron chi connectivity index (χ4n) is 1.70. The Hall–Kier alpha value is -0.260. The van der Waals surface area contributed by atoms with Crippen LogP contribution in [0.1, 0.15) is 26.2 Å². The van der Waals surface area contributed by atoms with Crippen LogP contribution in [0.25, 0.3) is 0 Å². The molecule has 0 bridgehead atoms. The molecule has 16 heavy (non-hydrogen) atoms. The molecule has 0 spiro atoms. The molecule has 5 heteroatoms. The first kappa shape index (κ1) is 13.8. The minimum atomic E-state index is -0.485. The van der Waals surface area contributed by atoms with Gasteiger partial charge in [-0.2, -0.15) is 11.8 Å². The third-order valence-corrected chi connectivity index (χ3v) is 3.83. The monoisotopic (exact) mass is 247 g/mol. The van der Waals surface area contributed by atoms with E-state index in [4.69, 9.17) is 10.5 Å². The molecule has 2 N–H and O–H groups in total. The van der Waals surface area contributed by atoms with Crippen LogP contribution in [0.15, 0.2) is 0 Å². The van der Waals surface area contributed by atoms with E-state index in [0.717, 1.165) is 24.3 Å². The number of ether oxygens (including phenoxy) is 2. The van der Waals surface area contributed by atoms with Crippen LogP contribution < -0.4 is 5.73 Å². The predicted octanol–water partition coefficient (Wildman–Crippen LogP) is 1.18. The predicted molar refractivity (Wildman–Crippen MR) is 65.5 cm³/mol. The molecule has 0 aliphatic carbocycles. The SMILES string of the molecule is COC(=O)C(N)CCSCC1CCC(C)O1. The molecule has 1 fully saturated rings. The topological polar surface area (TPSA) is 61.5 Å². The van der Waals surface area contributed by atoms with E-state index >= 15 is 0 Å². The first-order valence-electron chi connectivity index (χ1n) is 5.70. The third kappa shape index (κ3) is 4.72. The molecule has 3 atom stereocenters. The van der Waals surface area contributed by atoms with Crippen LogP contribution in [0.5, 0.6) is 0 Å². The normalized spacial score (nSPS) is 26.7. The van der Waals surface area contributed by atoms with Crippen molar-refractivity contribution in [2.45, 2.75) is 44.4 Å². The summed E-state index contributed by atoms with van der Waals surface area (Å²) in [7, 11) is 1.36. The second-order valence-corrected chi connectivity index (χ2v) is 5.29. The minimum Gasteiger partial charge on any atom is -0.468 e. The summed E-state index contributed by atoms with van der Waals surface area (Å²) < 4.78 is 10.3. The number of carbonyl (C=O) groups excluding carboxylic acids is 1. The van der Waals surface area contributed by atoms with Crippen LogP contribution in [0.4, 0.5) is 0 Å². The van der Waals surface area contributed by atoms with E-state index in [2.05, 4.69) is 11.7 Å². The minimum absolute atomic E-state index is 0.327. The Balaban J connectivity index is 2.01. The summed E-state index contributed by atoms with van der Waals surface area (Å²) in [6.07, 6.45) is 3.77. The molecule has 1 aliphatic rings. The maximum absolute atomic E-state index is 11.0. The summed E-state index contributed by atoms with van der Waals surface area (Å²) in [5.74, 6) is 1.55. The van der Waals surface area contributed by atoms with Gasteiger partial charge in [-0.1, -0.05) is 0 Å². The first-order chi connectivity index (χ1) is 7.63. The highest BCUT2D eigenvalue weighted by Crippen LogP contribution is 2.22. The van der Waals surface area contributed by atoms with Crippen molar-refractivity contribution in [1.82, 2.24) is 0 Å². The Morgan fingerprint density at radius 3 is 2.94 bits per heavy atom. The molecule has 0 aromatic heterocycles. The van der Waals surface area contributed by atoms with Gasteiger partial charge < -0.3 is 15.2 Å². The molecular weight excluding hydrogens is 226 g/mol. The van der Waals surface area contributed by atoms with Gasteiger partial charge in [0.2, 0.25) is 0 Å². The molecule has 94 valence electrons. The van der Waals surface area contributed by atoms with Gasteiger partial charge in [-0.15, -0.1) is 0 Å². The van der Waals surface area contributed by atoms with Gasteiger partial charge in [-0.25, -0.2) is 0 Å². The second-order valence-electron chi connectivity index (χ2n) is 4.14. The highest BCUT2D eigenvalue weighted by molar-refractivity contribution is 7.99. The maximum atomic E-state index is 11.0. The lowest BCUT2D eigenvalue weighted by molar-refractivity contribution is -0.142. The van der Waals surface area contributed by atoms with Gasteiger partial charge in [-0.05, 0) is 31.9 Å². The summed E-state index contributed by atoms with van der Waals surface area (Å²) in [6, 6.07) is -0.485. The molecule has 0 saturated carbocycles. The van der Waals surface area contributed by atoms with Crippen molar-refractivity contribution in [3.8, 4) is 0 Å². The summed E-state index contributed by atoms with van der Waals surface area (Å²) in [5, 5.41) is 0. The number of rotatable bonds is 6. The van der Waals surface area contributed by atoms with Gasteiger partial charge in [0.15, 0.2) is 0 Å². The smallest absolute Gasteiger partial charge is 0.322 e. The lowest BCUT2D eigenvalue weighted by Gasteiger charge is -2.12. The van der Waals surface area contributed by atoms with Crippen LogP contribution in [0.2, 0.25) is 0 Å². The van der Waals surface area contributed by atoms with Gasteiger partial charge in [0, 0.05) is 5.75 Å². The number of nitrogens with two attached hydrogens (primary N) is 1. The van der Waals surface area contributed by atoms with Crippen LogP contribution in [-0.4, -0.2) is 42.8 Å². The molecule has 1 saturated heterocycles. The number of thioether (sulfide) groups is 1. The van der Waals surface area contributed by atoms with Crippen molar-refractivity contribution in [1.29, 1.82) is 0 Å². The van der Waals surface area contributed by atoms with Crippen molar-refractivity contribution in [3.05, 3.63) is 0 Å². The molecule has 0 aromatic carbocycles. The average molecular weight is 247 g/mol. The summed E-state index contributed by atoms with van der Waals surface area (Å²) in [5.41, 5.74) is 5.62. The second kappa shape index (κ2) is 7.14. The van der Waals surface area contributed by atoms with E-state index in [-0.39, 0.29) is 5.97 Å². The highest BCUT2D eigenvalue weighted by atomic mass is 32.2. The zero-order valence-electron chi connectivity index (χ0n) is 9.98. The lowest BCUT2D eigenvalue weighted by Crippen LogP contribution is -2.32. The zero-order valence-corrected chi connectivity index (χ0v) is 10.8. The van der Waals surface area contributed by atoms with Gasteiger partial charge >= 0.3 is 5.97 Å². The average Bonchev–Trinajstić information content (AvgIpc) is 2.69. The summed E-state index contributed by atoms with van der Waals surface area (Å²) >= 11 is 1.80. The zero-order chi connectivity index (χ0) is 12.0. The molecule has 0 amide bonds. The van der Waals surface area contributed by atoms with Crippen LogP contribution in [-0.2, 0) is 14.3 Å². The van der Waals surface area contributed by atoms with Crippen LogP contribution in [0.3, 0.4) is 0 Å². The first-order valence-corrected chi connectivity index (χ1v) is 6.85. The molecular formula is C11H21NO3S. The molecule has 1 heterocycles. The number of hydrogen-bond donors (Lipinski definition) is 1. The summed E-state index contributed by atoms with van der Waals surface area (Å²) in [6.45, 7) is 2.11. The molecule has 0 aromatic rings. The number of hydrogen-bond acceptors (Lipinski definition) is 5. The van der Waals surface area contributed by atoms with Gasteiger partial charge in [0.05, 0.1) is 19.3 Å². The van der Waals surface area contributed by atoms with Gasteiger partial charge in [0.25, 0.3) is 0 Å². The fourth-order valence-corrected chi connectivity index (χ4v) is 2.80. The molecule has 1 rings (SSSR count). The van der Waals surface area contributed by atoms with E-state index in [1.165, 1.54) is 7.11 Å². The quantitative estimate of drug-likeness (QED) is 0.564. The maximum Gasteiger partial charge on any atom is 0.322 e. The van der Waals surface area contributed by atoms with Gasteiger partial charge in [0.1, 0.15) is 6.04 Å². The third-order valence-electron chi connectivity index (χ3n) is 2.70. The Morgan fingerprint density at radius 2 is 2.38 bits per heavy atom. The number of methoxy groups -OCH3 is 1. The van der Waals surface area contributed by atoms with E-state index in [1.54, 1.807) is 11.8 Å². The molecule has 4 nitrogen and oxygen atoms in total. The molecule has 3 unspecified atom stereocenters. The Bertz CT molecular complexity index is 225. The van der Waals surface area contributed by atoms with Crippen LogP contribution in [0, 0.1) is 0 Å². The Labute approximate surface area is 101 Å². The number of esters is 1. The standard InChI is InChI=1S/C11H21NO3S/c1-8-3-4-9(15-8)7-16-6-5-10(12)11(13)14-2/h8-10H,3-7,12H2,1-2H3.